The summed E-state index contributed by atoms with van der Waals surface area (Å²) in [4.78, 5) is 8.50. The minimum atomic E-state index is 0.838. The average Bonchev–Trinajstić information content (AvgIpc) is 2.94. The third-order valence-corrected chi connectivity index (χ3v) is 4.07. The first-order chi connectivity index (χ1) is 10.7. The van der Waals surface area contributed by atoms with Crippen LogP contribution in [0.1, 0.15) is 31.1 Å². The van der Waals surface area contributed by atoms with Crippen molar-refractivity contribution in [2.45, 2.75) is 33.9 Å². The van der Waals surface area contributed by atoms with Crippen molar-refractivity contribution in [2.75, 3.05) is 26.2 Å². The van der Waals surface area contributed by atoms with Crippen LogP contribution >= 0.6 is 0 Å². The van der Waals surface area contributed by atoms with Gasteiger partial charge in [0.05, 0.1) is 31.9 Å². The van der Waals surface area contributed by atoms with Crippen molar-refractivity contribution in [2.24, 2.45) is 0 Å². The van der Waals surface area contributed by atoms with Crippen LogP contribution in [0, 0.1) is 6.92 Å². The molecule has 0 aromatic carbocycles. The Morgan fingerprint density at radius 2 is 1.91 bits per heavy atom. The lowest BCUT2D eigenvalue weighted by atomic mass is 10.3. The molecule has 0 fully saturated rings. The van der Waals surface area contributed by atoms with E-state index in [2.05, 4.69) is 35.9 Å². The first-order valence-corrected chi connectivity index (χ1v) is 8.22. The summed E-state index contributed by atoms with van der Waals surface area (Å²) in [5.74, 6) is 2.00. The van der Waals surface area contributed by atoms with Gasteiger partial charge in [-0.2, -0.15) is 0 Å². The van der Waals surface area contributed by atoms with Gasteiger partial charge in [-0.05, 0) is 45.0 Å². The summed E-state index contributed by atoms with van der Waals surface area (Å²) in [6, 6.07) is 10.2. The van der Waals surface area contributed by atoms with Crippen LogP contribution in [0.5, 0.6) is 0 Å². The zero-order valence-corrected chi connectivity index (χ0v) is 14.0. The summed E-state index contributed by atoms with van der Waals surface area (Å²) in [5.41, 5.74) is 1.11. The number of furan rings is 1. The molecule has 4 heteroatoms. The molecular formula is C18H28N3O+. The molecule has 0 amide bonds. The van der Waals surface area contributed by atoms with Crippen LogP contribution in [0.4, 0.5) is 0 Å². The van der Waals surface area contributed by atoms with Gasteiger partial charge in [-0.3, -0.25) is 9.88 Å². The minimum absolute atomic E-state index is 0.838. The number of nitrogens with one attached hydrogen (secondary N) is 1. The predicted octanol–water partition coefficient (Wildman–Crippen LogP) is 1.91. The van der Waals surface area contributed by atoms with Gasteiger partial charge in [-0.25, -0.2) is 0 Å². The van der Waals surface area contributed by atoms with E-state index in [1.807, 2.05) is 31.3 Å². The normalized spacial score (nSPS) is 11.5. The van der Waals surface area contributed by atoms with Crippen molar-refractivity contribution in [1.82, 2.24) is 9.88 Å². The van der Waals surface area contributed by atoms with E-state index in [9.17, 15) is 0 Å². The molecule has 0 saturated heterocycles. The van der Waals surface area contributed by atoms with E-state index >= 15 is 0 Å². The zero-order valence-electron chi connectivity index (χ0n) is 14.0. The van der Waals surface area contributed by atoms with Crippen LogP contribution in [0.3, 0.4) is 0 Å². The van der Waals surface area contributed by atoms with E-state index in [1.54, 1.807) is 4.90 Å². The van der Waals surface area contributed by atoms with Crippen LogP contribution in [0.2, 0.25) is 0 Å². The molecule has 0 atom stereocenters. The molecule has 2 heterocycles. The van der Waals surface area contributed by atoms with E-state index in [-0.39, 0.29) is 0 Å². The first kappa shape index (κ1) is 16.7. The topological polar surface area (TPSA) is 33.7 Å². The number of quaternary nitrogens is 1. The Bertz CT molecular complexity index is 534. The van der Waals surface area contributed by atoms with Crippen LogP contribution in [0.15, 0.2) is 40.9 Å². The fraction of sp³-hybridized carbons (Fsp3) is 0.500. The second kappa shape index (κ2) is 8.71. The molecule has 0 saturated carbocycles. The zero-order chi connectivity index (χ0) is 15.8. The molecule has 22 heavy (non-hydrogen) atoms. The molecule has 0 aliphatic heterocycles. The third-order valence-electron chi connectivity index (χ3n) is 4.07. The van der Waals surface area contributed by atoms with E-state index in [1.165, 1.54) is 13.1 Å². The number of hydrogen-bond donors (Lipinski definition) is 1. The van der Waals surface area contributed by atoms with Crippen LogP contribution in [-0.4, -0.2) is 36.1 Å². The summed E-state index contributed by atoms with van der Waals surface area (Å²) in [6.45, 7) is 12.7. The highest BCUT2D eigenvalue weighted by molar-refractivity contribution is 5.07. The Morgan fingerprint density at radius 3 is 2.50 bits per heavy atom. The van der Waals surface area contributed by atoms with Gasteiger partial charge in [0.1, 0.15) is 11.5 Å². The Labute approximate surface area is 133 Å². The lowest BCUT2D eigenvalue weighted by Crippen LogP contribution is -3.12. The minimum Gasteiger partial charge on any atom is -0.465 e. The van der Waals surface area contributed by atoms with Gasteiger partial charge in [0, 0.05) is 19.3 Å². The highest BCUT2D eigenvalue weighted by atomic mass is 16.3. The van der Waals surface area contributed by atoms with Crippen molar-refractivity contribution in [1.29, 1.82) is 0 Å². The smallest absolute Gasteiger partial charge is 0.118 e. The second-order valence-electron chi connectivity index (χ2n) is 5.75. The van der Waals surface area contributed by atoms with E-state index < -0.39 is 0 Å². The number of aromatic nitrogens is 1. The van der Waals surface area contributed by atoms with Gasteiger partial charge < -0.3 is 9.32 Å². The van der Waals surface area contributed by atoms with Crippen LogP contribution in [-0.2, 0) is 13.1 Å². The standard InChI is InChI=1S/C18H27N3O/c1-4-20(5-2)12-13-21(14-17-8-6-7-11-19-17)15-18-10-9-16(3)22-18/h6-11H,4-5,12-15H2,1-3H3/p+1. The maximum absolute atomic E-state index is 5.74. The van der Waals surface area contributed by atoms with Crippen molar-refractivity contribution < 1.29 is 9.32 Å². The molecule has 2 aromatic heterocycles. The van der Waals surface area contributed by atoms with Gasteiger partial charge in [0.15, 0.2) is 0 Å². The van der Waals surface area contributed by atoms with Crippen molar-refractivity contribution in [3.8, 4) is 0 Å². The molecule has 0 bridgehead atoms. The fourth-order valence-corrected chi connectivity index (χ4v) is 2.65. The quantitative estimate of drug-likeness (QED) is 0.768. The molecule has 2 rings (SSSR count). The summed E-state index contributed by atoms with van der Waals surface area (Å²) >= 11 is 0. The lowest BCUT2D eigenvalue weighted by molar-refractivity contribution is -0.895. The molecular weight excluding hydrogens is 274 g/mol. The Hall–Kier alpha value is -1.65. The molecule has 0 aliphatic carbocycles. The molecule has 120 valence electrons. The van der Waals surface area contributed by atoms with Crippen LogP contribution < -0.4 is 4.90 Å². The van der Waals surface area contributed by atoms with Gasteiger partial charge in [-0.15, -0.1) is 0 Å². The number of nitrogens with zero attached hydrogens (tertiary/aromatic N) is 2. The summed E-state index contributed by atoms with van der Waals surface area (Å²) < 4.78 is 5.74. The highest BCUT2D eigenvalue weighted by Crippen LogP contribution is 2.11. The number of rotatable bonds is 9. The van der Waals surface area contributed by atoms with E-state index in [0.29, 0.717) is 0 Å². The van der Waals surface area contributed by atoms with Gasteiger partial charge in [0.25, 0.3) is 0 Å². The molecule has 0 spiro atoms. The first-order valence-electron chi connectivity index (χ1n) is 8.22. The highest BCUT2D eigenvalue weighted by Gasteiger charge is 2.13. The Morgan fingerprint density at radius 1 is 1.09 bits per heavy atom. The molecule has 2 aromatic rings. The van der Waals surface area contributed by atoms with Gasteiger partial charge >= 0.3 is 0 Å². The third kappa shape index (κ3) is 5.28. The van der Waals surface area contributed by atoms with E-state index in [4.69, 9.17) is 4.42 Å². The molecule has 0 unspecified atom stereocenters. The number of aryl methyl sites for hydroxylation is 1. The van der Waals surface area contributed by atoms with Gasteiger partial charge in [0.2, 0.25) is 0 Å². The average molecular weight is 302 g/mol. The lowest BCUT2D eigenvalue weighted by Gasteiger charge is -2.23. The van der Waals surface area contributed by atoms with Crippen molar-refractivity contribution in [3.63, 3.8) is 0 Å². The Balaban J connectivity index is 1.99. The SMILES string of the molecule is CC[NH+](CC)CCN(Cc1ccccn1)Cc1ccc(C)o1. The van der Waals surface area contributed by atoms with Crippen LogP contribution in [0.25, 0.3) is 0 Å². The summed E-state index contributed by atoms with van der Waals surface area (Å²) in [5, 5.41) is 0. The summed E-state index contributed by atoms with van der Waals surface area (Å²) in [7, 11) is 0. The summed E-state index contributed by atoms with van der Waals surface area (Å²) in [6.07, 6.45) is 1.86. The number of hydrogen-bond acceptors (Lipinski definition) is 3. The number of pyridine rings is 1. The predicted molar refractivity (Wildman–Crippen MR) is 88.7 cm³/mol. The molecule has 0 radical (unpaired) electrons. The molecule has 0 aliphatic rings. The monoisotopic (exact) mass is 302 g/mol. The maximum Gasteiger partial charge on any atom is 0.118 e. The maximum atomic E-state index is 5.74. The second-order valence-corrected chi connectivity index (χ2v) is 5.75. The Kier molecular flexibility index (Phi) is 6.62. The largest absolute Gasteiger partial charge is 0.465 e. The fourth-order valence-electron chi connectivity index (χ4n) is 2.65. The van der Waals surface area contributed by atoms with Crippen molar-refractivity contribution in [3.05, 3.63) is 53.7 Å². The van der Waals surface area contributed by atoms with Gasteiger partial charge in [-0.1, -0.05) is 6.07 Å². The molecule has 1 N–H and O–H groups in total. The molecule has 4 nitrogen and oxygen atoms in total. The van der Waals surface area contributed by atoms with Crippen molar-refractivity contribution >= 4 is 0 Å². The number of likely N-dealkylation sites (N-methyl/N-ethyl adjacent to an activating group) is 1. The van der Waals surface area contributed by atoms with E-state index in [0.717, 1.165) is 43.4 Å².